The molecule has 2 rings (SSSR count). The molecule has 1 aromatic rings. The van der Waals surface area contributed by atoms with E-state index in [1.807, 2.05) is 18.4 Å². The minimum Gasteiger partial charge on any atom is -0.377 e. The normalized spacial score (nSPS) is 21.9. The molecule has 2 heterocycles. The number of nitrogens with zero attached hydrogens (tertiary/aromatic N) is 2. The van der Waals surface area contributed by atoms with Crippen molar-refractivity contribution in [2.45, 2.75) is 44.4 Å². The summed E-state index contributed by atoms with van der Waals surface area (Å²) < 4.78 is 34.3. The fourth-order valence-electron chi connectivity index (χ4n) is 2.46. The first-order valence-corrected chi connectivity index (χ1v) is 8.44. The van der Waals surface area contributed by atoms with Gasteiger partial charge >= 0.3 is 0 Å². The molecular formula is C13H23N3O3S. The molecule has 1 saturated heterocycles. The molecule has 1 aliphatic rings. The Kier molecular flexibility index (Phi) is 4.85. The maximum atomic E-state index is 12.7. The van der Waals surface area contributed by atoms with Crippen LogP contribution in [0.15, 0.2) is 17.2 Å². The Balaban J connectivity index is 2.31. The van der Waals surface area contributed by atoms with Crippen molar-refractivity contribution in [3.05, 3.63) is 18.0 Å². The first-order valence-electron chi connectivity index (χ1n) is 7.00. The van der Waals surface area contributed by atoms with Gasteiger partial charge in [-0.25, -0.2) is 8.42 Å². The van der Waals surface area contributed by atoms with Crippen molar-refractivity contribution < 1.29 is 13.2 Å². The third-order valence-electron chi connectivity index (χ3n) is 3.56. The first-order chi connectivity index (χ1) is 9.48. The van der Waals surface area contributed by atoms with Gasteiger partial charge < -0.3 is 15.0 Å². The Morgan fingerprint density at radius 1 is 1.50 bits per heavy atom. The first kappa shape index (κ1) is 15.5. The zero-order chi connectivity index (χ0) is 14.8. The average molecular weight is 301 g/mol. The van der Waals surface area contributed by atoms with E-state index in [0.717, 1.165) is 12.1 Å². The lowest BCUT2D eigenvalue weighted by atomic mass is 10.4. The molecule has 6 nitrogen and oxygen atoms in total. The van der Waals surface area contributed by atoms with E-state index >= 15 is 0 Å². The molecule has 0 spiro atoms. The molecule has 2 N–H and O–H groups in total. The second-order valence-electron chi connectivity index (χ2n) is 5.06. The summed E-state index contributed by atoms with van der Waals surface area (Å²) in [5, 5.41) is 0. The SMILES string of the molecule is CCn1cc(S(=O)(=O)N2CCCOC(C)C2)cc1CN. The number of nitrogens with two attached hydrogens (primary N) is 1. The van der Waals surface area contributed by atoms with Gasteiger partial charge in [-0.1, -0.05) is 0 Å². The Labute approximate surface area is 120 Å². The van der Waals surface area contributed by atoms with E-state index in [-0.39, 0.29) is 6.10 Å². The van der Waals surface area contributed by atoms with Gasteiger partial charge in [-0.15, -0.1) is 0 Å². The fraction of sp³-hybridized carbons (Fsp3) is 0.692. The fourth-order valence-corrected chi connectivity index (χ4v) is 4.08. The summed E-state index contributed by atoms with van der Waals surface area (Å²) in [6.45, 7) is 6.43. The van der Waals surface area contributed by atoms with Crippen LogP contribution in [0.4, 0.5) is 0 Å². The van der Waals surface area contributed by atoms with Gasteiger partial charge in [0.15, 0.2) is 0 Å². The number of hydrogen-bond donors (Lipinski definition) is 1. The van der Waals surface area contributed by atoms with E-state index in [1.54, 1.807) is 12.3 Å². The quantitative estimate of drug-likeness (QED) is 0.891. The largest absolute Gasteiger partial charge is 0.377 e. The lowest BCUT2D eigenvalue weighted by Gasteiger charge is -2.20. The molecule has 20 heavy (non-hydrogen) atoms. The summed E-state index contributed by atoms with van der Waals surface area (Å²) in [5.41, 5.74) is 6.50. The maximum absolute atomic E-state index is 12.7. The van der Waals surface area contributed by atoms with Crippen LogP contribution in [-0.2, 0) is 27.8 Å². The molecule has 114 valence electrons. The molecule has 1 aliphatic heterocycles. The predicted molar refractivity (Wildman–Crippen MR) is 76.8 cm³/mol. The molecule has 0 aromatic carbocycles. The molecule has 0 amide bonds. The molecule has 1 atom stereocenters. The van der Waals surface area contributed by atoms with Gasteiger partial charge in [-0.05, 0) is 26.3 Å². The zero-order valence-electron chi connectivity index (χ0n) is 12.1. The van der Waals surface area contributed by atoms with Crippen LogP contribution in [0.1, 0.15) is 26.0 Å². The van der Waals surface area contributed by atoms with Crippen LogP contribution >= 0.6 is 0 Å². The Morgan fingerprint density at radius 2 is 2.25 bits per heavy atom. The van der Waals surface area contributed by atoms with Crippen LogP contribution < -0.4 is 5.73 Å². The van der Waals surface area contributed by atoms with Crippen molar-refractivity contribution in [1.82, 2.24) is 8.87 Å². The summed E-state index contributed by atoms with van der Waals surface area (Å²) in [4.78, 5) is 0.328. The van der Waals surface area contributed by atoms with Crippen molar-refractivity contribution in [1.29, 1.82) is 0 Å². The van der Waals surface area contributed by atoms with Crippen LogP contribution in [0.3, 0.4) is 0 Å². The Bertz CT molecular complexity index is 532. The van der Waals surface area contributed by atoms with E-state index < -0.39 is 10.0 Å². The number of ether oxygens (including phenoxy) is 1. The number of sulfonamides is 1. The third kappa shape index (κ3) is 3.06. The monoisotopic (exact) mass is 301 g/mol. The highest BCUT2D eigenvalue weighted by Gasteiger charge is 2.29. The third-order valence-corrected chi connectivity index (χ3v) is 5.39. The van der Waals surface area contributed by atoms with Gasteiger partial charge in [-0.3, -0.25) is 0 Å². The predicted octanol–water partition coefficient (Wildman–Crippen LogP) is 0.766. The van der Waals surface area contributed by atoms with E-state index in [0.29, 0.717) is 37.7 Å². The Hall–Kier alpha value is -0.890. The summed E-state index contributed by atoms with van der Waals surface area (Å²) in [7, 11) is -3.46. The second-order valence-corrected chi connectivity index (χ2v) is 6.99. The van der Waals surface area contributed by atoms with E-state index in [9.17, 15) is 8.42 Å². The summed E-state index contributed by atoms with van der Waals surface area (Å²) in [6.07, 6.45) is 2.32. The number of aromatic nitrogens is 1. The minimum absolute atomic E-state index is 0.0745. The van der Waals surface area contributed by atoms with E-state index in [1.165, 1.54) is 4.31 Å². The van der Waals surface area contributed by atoms with Crippen LogP contribution in [0, 0.1) is 0 Å². The van der Waals surface area contributed by atoms with E-state index in [4.69, 9.17) is 10.5 Å². The lowest BCUT2D eigenvalue weighted by molar-refractivity contribution is 0.0752. The van der Waals surface area contributed by atoms with Crippen molar-refractivity contribution in [2.75, 3.05) is 19.7 Å². The number of aryl methyl sites for hydroxylation is 1. The molecule has 1 fully saturated rings. The zero-order valence-corrected chi connectivity index (χ0v) is 12.9. The molecule has 0 radical (unpaired) electrons. The standard InChI is InChI=1S/C13H23N3O3S/c1-3-15-10-13(7-12(15)8-14)20(17,18)16-5-4-6-19-11(2)9-16/h7,10-11H,3-6,8-9,14H2,1-2H3. The highest BCUT2D eigenvalue weighted by Crippen LogP contribution is 2.21. The molecule has 1 aromatic heterocycles. The molecule has 0 bridgehead atoms. The van der Waals surface area contributed by atoms with Crippen LogP contribution in [0.25, 0.3) is 0 Å². The van der Waals surface area contributed by atoms with Crippen LogP contribution in [0.2, 0.25) is 0 Å². The van der Waals surface area contributed by atoms with Gasteiger partial charge in [0, 0.05) is 44.7 Å². The van der Waals surface area contributed by atoms with Gasteiger partial charge in [-0.2, -0.15) is 4.31 Å². The number of rotatable bonds is 4. The van der Waals surface area contributed by atoms with Crippen molar-refractivity contribution in [2.24, 2.45) is 5.73 Å². The topological polar surface area (TPSA) is 77.6 Å². The maximum Gasteiger partial charge on any atom is 0.244 e. The Morgan fingerprint density at radius 3 is 2.85 bits per heavy atom. The summed E-state index contributed by atoms with van der Waals surface area (Å²) >= 11 is 0. The van der Waals surface area contributed by atoms with Crippen molar-refractivity contribution in [3.63, 3.8) is 0 Å². The molecule has 0 saturated carbocycles. The smallest absolute Gasteiger partial charge is 0.244 e. The molecule has 7 heteroatoms. The highest BCUT2D eigenvalue weighted by molar-refractivity contribution is 7.89. The van der Waals surface area contributed by atoms with Crippen LogP contribution in [0.5, 0.6) is 0 Å². The molecule has 0 aliphatic carbocycles. The highest BCUT2D eigenvalue weighted by atomic mass is 32.2. The average Bonchev–Trinajstić information content (AvgIpc) is 2.73. The van der Waals surface area contributed by atoms with Gasteiger partial charge in [0.2, 0.25) is 10.0 Å². The van der Waals surface area contributed by atoms with Gasteiger partial charge in [0.1, 0.15) is 4.90 Å². The summed E-state index contributed by atoms with van der Waals surface area (Å²) in [6, 6.07) is 1.68. The van der Waals surface area contributed by atoms with Crippen LogP contribution in [-0.4, -0.2) is 43.1 Å². The van der Waals surface area contributed by atoms with Gasteiger partial charge in [0.05, 0.1) is 6.10 Å². The van der Waals surface area contributed by atoms with Crippen molar-refractivity contribution >= 4 is 10.0 Å². The second kappa shape index (κ2) is 6.26. The molecular weight excluding hydrogens is 278 g/mol. The summed E-state index contributed by atoms with van der Waals surface area (Å²) in [5.74, 6) is 0. The van der Waals surface area contributed by atoms with Crippen molar-refractivity contribution in [3.8, 4) is 0 Å². The lowest BCUT2D eigenvalue weighted by Crippen LogP contribution is -2.35. The van der Waals surface area contributed by atoms with E-state index in [2.05, 4.69) is 0 Å². The van der Waals surface area contributed by atoms with Gasteiger partial charge in [0.25, 0.3) is 0 Å². The number of hydrogen-bond acceptors (Lipinski definition) is 4. The minimum atomic E-state index is -3.46. The molecule has 1 unspecified atom stereocenters.